The van der Waals surface area contributed by atoms with Crippen LogP contribution in [0.25, 0.3) is 6.08 Å². The van der Waals surface area contributed by atoms with Crippen LogP contribution in [0.5, 0.6) is 5.75 Å². The van der Waals surface area contributed by atoms with Crippen LogP contribution in [-0.2, 0) is 11.3 Å². The van der Waals surface area contributed by atoms with Crippen molar-refractivity contribution >= 4 is 46.3 Å². The number of nitrogens with zero attached hydrogens (tertiary/aromatic N) is 2. The van der Waals surface area contributed by atoms with Crippen LogP contribution in [0, 0.1) is 15.9 Å². The lowest BCUT2D eigenvalue weighted by Crippen LogP contribution is -2.28. The fourth-order valence-electron chi connectivity index (χ4n) is 2.64. The molecule has 0 aliphatic carbocycles. The quantitative estimate of drug-likeness (QED) is 0.396. The van der Waals surface area contributed by atoms with Crippen molar-refractivity contribution in [2.75, 3.05) is 7.11 Å². The number of amides is 2. The van der Waals surface area contributed by atoms with Gasteiger partial charge in [0.2, 0.25) is 5.75 Å². The number of halogens is 2. The highest BCUT2D eigenvalue weighted by atomic mass is 35.5. The smallest absolute Gasteiger partial charge is 0.311 e. The molecule has 0 bridgehead atoms. The van der Waals surface area contributed by atoms with Crippen molar-refractivity contribution in [2.45, 2.75) is 6.54 Å². The number of nitro benzene ring substituents is 1. The van der Waals surface area contributed by atoms with Gasteiger partial charge in [-0.1, -0.05) is 29.8 Å². The van der Waals surface area contributed by atoms with E-state index in [2.05, 4.69) is 0 Å². The van der Waals surface area contributed by atoms with Crippen LogP contribution < -0.4 is 4.74 Å². The molecule has 2 amide bonds. The van der Waals surface area contributed by atoms with Crippen LogP contribution in [0.2, 0.25) is 5.02 Å². The van der Waals surface area contributed by atoms with Gasteiger partial charge in [-0.15, -0.1) is 0 Å². The first-order valence-corrected chi connectivity index (χ1v) is 9.02. The molecule has 7 nitrogen and oxygen atoms in total. The maximum atomic E-state index is 14.0. The molecule has 0 radical (unpaired) electrons. The van der Waals surface area contributed by atoms with Crippen molar-refractivity contribution in [3.8, 4) is 5.75 Å². The summed E-state index contributed by atoms with van der Waals surface area (Å²) in [6.07, 6.45) is 1.33. The predicted octanol–water partition coefficient (Wildman–Crippen LogP) is 4.63. The van der Waals surface area contributed by atoms with Crippen LogP contribution >= 0.6 is 23.4 Å². The predicted molar refractivity (Wildman–Crippen MR) is 103 cm³/mol. The van der Waals surface area contributed by atoms with Gasteiger partial charge in [0.1, 0.15) is 5.82 Å². The van der Waals surface area contributed by atoms with E-state index in [-0.39, 0.29) is 39.0 Å². The molecule has 1 aliphatic rings. The number of nitro groups is 1. The Morgan fingerprint density at radius 3 is 2.64 bits per heavy atom. The molecule has 28 heavy (non-hydrogen) atoms. The number of methoxy groups -OCH3 is 1. The minimum Gasteiger partial charge on any atom is -0.490 e. The molecular formula is C18H12ClFN2O5S. The second-order valence-corrected chi connectivity index (χ2v) is 7.03. The summed E-state index contributed by atoms with van der Waals surface area (Å²) in [6, 6.07) is 8.29. The number of benzene rings is 2. The Morgan fingerprint density at radius 1 is 1.29 bits per heavy atom. The molecule has 0 unspecified atom stereocenters. The molecule has 0 N–H and O–H groups in total. The zero-order chi connectivity index (χ0) is 20.4. The number of ether oxygens (including phenoxy) is 1. The molecule has 10 heteroatoms. The highest BCUT2D eigenvalue weighted by Gasteiger charge is 2.36. The van der Waals surface area contributed by atoms with Gasteiger partial charge in [-0.05, 0) is 30.0 Å². The largest absolute Gasteiger partial charge is 0.490 e. The number of thioether (sulfide) groups is 1. The molecule has 1 heterocycles. The summed E-state index contributed by atoms with van der Waals surface area (Å²) in [5, 5.41) is 10.6. The normalized spacial score (nSPS) is 15.4. The lowest BCUT2D eigenvalue weighted by molar-refractivity contribution is -0.385. The van der Waals surface area contributed by atoms with Gasteiger partial charge in [0.15, 0.2) is 0 Å². The van der Waals surface area contributed by atoms with Crippen molar-refractivity contribution in [3.63, 3.8) is 0 Å². The number of carbonyl (C=O) groups is 2. The van der Waals surface area contributed by atoms with E-state index in [0.29, 0.717) is 11.8 Å². The van der Waals surface area contributed by atoms with E-state index in [1.54, 1.807) is 0 Å². The lowest BCUT2D eigenvalue weighted by Gasteiger charge is -2.14. The fraction of sp³-hybridized carbons (Fsp3) is 0.111. The first-order chi connectivity index (χ1) is 13.3. The SMILES string of the molecule is COc1c(/C=C2\SC(=O)N(Cc3c(F)cccc3Cl)C2=O)cccc1[N+](=O)[O-]. The van der Waals surface area contributed by atoms with Crippen LogP contribution in [0.15, 0.2) is 41.3 Å². The summed E-state index contributed by atoms with van der Waals surface area (Å²) in [6.45, 7) is -0.320. The van der Waals surface area contributed by atoms with Gasteiger partial charge in [-0.25, -0.2) is 4.39 Å². The zero-order valence-corrected chi connectivity index (χ0v) is 15.9. The van der Waals surface area contributed by atoms with E-state index in [9.17, 15) is 24.1 Å². The Hall–Kier alpha value is -2.91. The second kappa shape index (κ2) is 7.99. The van der Waals surface area contributed by atoms with E-state index in [0.717, 1.165) is 4.90 Å². The molecule has 1 aliphatic heterocycles. The molecule has 0 spiro atoms. The maximum Gasteiger partial charge on any atom is 0.311 e. The monoisotopic (exact) mass is 422 g/mol. The summed E-state index contributed by atoms with van der Waals surface area (Å²) in [5.74, 6) is -1.31. The molecular weight excluding hydrogens is 411 g/mol. The molecule has 1 fully saturated rings. The number of carbonyl (C=O) groups excluding carboxylic acids is 2. The van der Waals surface area contributed by atoms with Crippen molar-refractivity contribution in [1.82, 2.24) is 4.90 Å². The number of hydrogen-bond acceptors (Lipinski definition) is 6. The van der Waals surface area contributed by atoms with Crippen molar-refractivity contribution in [1.29, 1.82) is 0 Å². The van der Waals surface area contributed by atoms with Crippen LogP contribution in [0.4, 0.5) is 14.9 Å². The lowest BCUT2D eigenvalue weighted by atomic mass is 10.1. The minimum atomic E-state index is -0.650. The summed E-state index contributed by atoms with van der Waals surface area (Å²) < 4.78 is 19.1. The van der Waals surface area contributed by atoms with Gasteiger partial charge in [0.05, 0.1) is 23.5 Å². The van der Waals surface area contributed by atoms with Crippen molar-refractivity contribution < 1.29 is 23.6 Å². The molecule has 0 atom stereocenters. The Labute approximate surface area is 167 Å². The molecule has 2 aromatic rings. The van der Waals surface area contributed by atoms with E-state index in [4.69, 9.17) is 16.3 Å². The van der Waals surface area contributed by atoms with Gasteiger partial charge >= 0.3 is 5.69 Å². The third-order valence-corrected chi connectivity index (χ3v) is 5.23. The van der Waals surface area contributed by atoms with Crippen molar-refractivity contribution in [3.05, 3.63) is 73.4 Å². The average Bonchev–Trinajstić information content (AvgIpc) is 2.91. The van der Waals surface area contributed by atoms with Gasteiger partial charge < -0.3 is 4.74 Å². The minimum absolute atomic E-state index is 0.0284. The van der Waals surface area contributed by atoms with Gasteiger partial charge in [0, 0.05) is 22.2 Å². The maximum absolute atomic E-state index is 14.0. The fourth-order valence-corrected chi connectivity index (χ4v) is 3.69. The van der Waals surface area contributed by atoms with E-state index >= 15 is 0 Å². The van der Waals surface area contributed by atoms with Gasteiger partial charge in [-0.2, -0.15) is 0 Å². The molecule has 0 aromatic heterocycles. The highest BCUT2D eigenvalue weighted by Crippen LogP contribution is 2.38. The molecule has 144 valence electrons. The summed E-state index contributed by atoms with van der Waals surface area (Å²) in [4.78, 5) is 36.3. The van der Waals surface area contributed by atoms with E-state index in [1.807, 2.05) is 0 Å². The van der Waals surface area contributed by atoms with E-state index in [1.165, 1.54) is 49.6 Å². The Balaban J connectivity index is 1.94. The van der Waals surface area contributed by atoms with Crippen LogP contribution in [-0.4, -0.2) is 28.1 Å². The molecule has 2 aromatic carbocycles. The second-order valence-electron chi connectivity index (χ2n) is 5.62. The van der Waals surface area contributed by atoms with Gasteiger partial charge in [-0.3, -0.25) is 24.6 Å². The van der Waals surface area contributed by atoms with Crippen LogP contribution in [0.1, 0.15) is 11.1 Å². The van der Waals surface area contributed by atoms with E-state index < -0.39 is 21.9 Å². The third-order valence-electron chi connectivity index (χ3n) is 3.96. The molecule has 0 saturated carbocycles. The molecule has 3 rings (SSSR count). The van der Waals surface area contributed by atoms with Crippen molar-refractivity contribution in [2.24, 2.45) is 0 Å². The Kier molecular flexibility index (Phi) is 5.66. The Morgan fingerprint density at radius 2 is 2.00 bits per heavy atom. The first kappa shape index (κ1) is 19.8. The zero-order valence-electron chi connectivity index (χ0n) is 14.3. The molecule has 1 saturated heterocycles. The number of imide groups is 1. The summed E-state index contributed by atoms with van der Waals surface area (Å²) >= 11 is 6.61. The van der Waals surface area contributed by atoms with Gasteiger partial charge in [0.25, 0.3) is 11.1 Å². The highest BCUT2D eigenvalue weighted by molar-refractivity contribution is 8.18. The first-order valence-electron chi connectivity index (χ1n) is 7.83. The number of rotatable bonds is 5. The standard InChI is InChI=1S/C18H12ClFN2O5S/c1-27-16-10(4-2-7-14(16)22(25)26)8-15-17(23)21(18(24)28-15)9-11-12(19)5-3-6-13(11)20/h2-8H,9H2,1H3/b15-8-. The third kappa shape index (κ3) is 3.71. The Bertz CT molecular complexity index is 1010. The summed E-state index contributed by atoms with van der Waals surface area (Å²) in [7, 11) is 1.27. The number of para-hydroxylation sites is 1. The van der Waals surface area contributed by atoms with Crippen LogP contribution in [0.3, 0.4) is 0 Å². The number of hydrogen-bond donors (Lipinski definition) is 0. The average molecular weight is 423 g/mol. The summed E-state index contributed by atoms with van der Waals surface area (Å²) in [5.41, 5.74) is 0.0281. The topological polar surface area (TPSA) is 89.8 Å².